The van der Waals surface area contributed by atoms with Crippen LogP contribution in [0.1, 0.15) is 10.4 Å². The van der Waals surface area contributed by atoms with Gasteiger partial charge in [0, 0.05) is 17.3 Å². The molecule has 0 aliphatic rings. The van der Waals surface area contributed by atoms with E-state index in [9.17, 15) is 27.4 Å². The van der Waals surface area contributed by atoms with Gasteiger partial charge in [0.15, 0.2) is 0 Å². The van der Waals surface area contributed by atoms with Crippen molar-refractivity contribution in [3.8, 4) is 5.69 Å². The zero-order valence-electron chi connectivity index (χ0n) is 15.5. The number of aromatic nitrogens is 1. The lowest BCUT2D eigenvalue weighted by Crippen LogP contribution is -2.19. The van der Waals surface area contributed by atoms with Crippen LogP contribution in [0.3, 0.4) is 0 Å². The zero-order chi connectivity index (χ0) is 22.3. The summed E-state index contributed by atoms with van der Waals surface area (Å²) in [5.41, 5.74) is 0.480. The summed E-state index contributed by atoms with van der Waals surface area (Å²) in [6.45, 7) is 0. The van der Waals surface area contributed by atoms with Crippen LogP contribution >= 0.6 is 11.6 Å². The third-order valence-electron chi connectivity index (χ3n) is 4.65. The molecule has 0 bridgehead atoms. The number of para-hydroxylation sites is 1. The number of halogens is 3. The summed E-state index contributed by atoms with van der Waals surface area (Å²) in [6, 6.07) is 14.4. The van der Waals surface area contributed by atoms with Crippen LogP contribution in [-0.4, -0.2) is 24.4 Å². The molecule has 0 spiro atoms. The highest BCUT2D eigenvalue weighted by Crippen LogP contribution is 2.38. The predicted octanol–water partition coefficient (Wildman–Crippen LogP) is 5.54. The Kier molecular flexibility index (Phi) is 5.48. The molecule has 10 heteroatoms. The van der Waals surface area contributed by atoms with Gasteiger partial charge in [-0.05, 0) is 42.5 Å². The first-order valence-corrected chi connectivity index (χ1v) is 10.2. The Morgan fingerprint density at radius 1 is 1.03 bits per heavy atom. The summed E-state index contributed by atoms with van der Waals surface area (Å²) >= 11 is 3.27. The van der Waals surface area contributed by atoms with Crippen LogP contribution in [-0.2, 0) is 11.3 Å². The molecule has 0 aliphatic carbocycles. The minimum Gasteiger partial charge on any atom is -0.478 e. The number of hydrogen-bond donors (Lipinski definition) is 2. The molecule has 31 heavy (non-hydrogen) atoms. The SMILES string of the molecule is O=C(O)c1cc(N(c2cn(-c3ccccc3)c3cc(Cl)c(F)cc23)S(=O)O)ccc1F. The molecule has 1 aromatic heterocycles. The monoisotopic (exact) mass is 462 g/mol. The number of benzene rings is 3. The highest BCUT2D eigenvalue weighted by atomic mass is 35.5. The third kappa shape index (κ3) is 3.78. The minimum absolute atomic E-state index is 0.0675. The molecule has 0 fully saturated rings. The normalized spacial score (nSPS) is 12.1. The fourth-order valence-electron chi connectivity index (χ4n) is 3.28. The number of nitrogens with zero attached hydrogens (tertiary/aromatic N) is 2. The van der Waals surface area contributed by atoms with E-state index >= 15 is 0 Å². The third-order valence-corrected chi connectivity index (χ3v) is 5.66. The molecule has 2 N–H and O–H groups in total. The van der Waals surface area contributed by atoms with Crippen molar-refractivity contribution in [2.24, 2.45) is 0 Å². The summed E-state index contributed by atoms with van der Waals surface area (Å²) < 4.78 is 53.0. The molecule has 0 radical (unpaired) electrons. The highest BCUT2D eigenvalue weighted by molar-refractivity contribution is 7.81. The molecule has 0 saturated carbocycles. The first-order valence-electron chi connectivity index (χ1n) is 8.77. The Morgan fingerprint density at radius 2 is 1.74 bits per heavy atom. The number of rotatable bonds is 5. The van der Waals surface area contributed by atoms with Crippen molar-refractivity contribution in [1.82, 2.24) is 4.57 Å². The van der Waals surface area contributed by atoms with Gasteiger partial charge in [-0.15, -0.1) is 0 Å². The van der Waals surface area contributed by atoms with Crippen molar-refractivity contribution in [3.63, 3.8) is 0 Å². The largest absolute Gasteiger partial charge is 0.478 e. The summed E-state index contributed by atoms with van der Waals surface area (Å²) in [6.07, 6.45) is 1.49. The standard InChI is InChI=1S/C21H13ClF2N2O4S/c22-16-10-19-15(9-18(16)24)20(11-25(19)12-4-2-1-3-5-12)26(31(29)30)13-6-7-17(23)14(8-13)21(27)28/h1-11H,(H,27,28)(H,29,30). The number of carboxylic acid groups (broad SMARTS) is 1. The topological polar surface area (TPSA) is 82.8 Å². The lowest BCUT2D eigenvalue weighted by molar-refractivity contribution is 0.0692. The highest BCUT2D eigenvalue weighted by Gasteiger charge is 2.24. The summed E-state index contributed by atoms with van der Waals surface area (Å²) in [7, 11) is 0. The van der Waals surface area contributed by atoms with Crippen LogP contribution in [0.4, 0.5) is 20.2 Å². The molecular weight excluding hydrogens is 450 g/mol. The molecule has 0 amide bonds. The van der Waals surface area contributed by atoms with E-state index < -0.39 is 34.4 Å². The van der Waals surface area contributed by atoms with Gasteiger partial charge in [-0.25, -0.2) is 22.1 Å². The smallest absolute Gasteiger partial charge is 0.338 e. The quantitative estimate of drug-likeness (QED) is 0.382. The van der Waals surface area contributed by atoms with Gasteiger partial charge in [0.2, 0.25) is 0 Å². The Hall–Kier alpha value is -3.27. The first-order chi connectivity index (χ1) is 14.8. The van der Waals surface area contributed by atoms with Gasteiger partial charge >= 0.3 is 5.97 Å². The zero-order valence-corrected chi connectivity index (χ0v) is 17.1. The van der Waals surface area contributed by atoms with Gasteiger partial charge in [0.25, 0.3) is 11.3 Å². The average Bonchev–Trinajstić information content (AvgIpc) is 3.08. The Morgan fingerprint density at radius 3 is 2.39 bits per heavy atom. The van der Waals surface area contributed by atoms with Crippen LogP contribution in [0.5, 0.6) is 0 Å². The second-order valence-electron chi connectivity index (χ2n) is 6.50. The molecule has 4 rings (SSSR count). The summed E-state index contributed by atoms with van der Waals surface area (Å²) in [4.78, 5) is 11.3. The van der Waals surface area contributed by atoms with E-state index in [4.69, 9.17) is 11.6 Å². The van der Waals surface area contributed by atoms with E-state index in [0.717, 1.165) is 28.6 Å². The van der Waals surface area contributed by atoms with E-state index in [2.05, 4.69) is 0 Å². The van der Waals surface area contributed by atoms with E-state index in [1.807, 2.05) is 6.07 Å². The van der Waals surface area contributed by atoms with Crippen LogP contribution in [0.25, 0.3) is 16.6 Å². The number of fused-ring (bicyclic) bond motifs is 1. The van der Waals surface area contributed by atoms with Gasteiger partial charge in [-0.1, -0.05) is 29.8 Å². The minimum atomic E-state index is -2.70. The second-order valence-corrected chi connectivity index (χ2v) is 7.73. The Bertz CT molecular complexity index is 1340. The molecule has 0 saturated heterocycles. The Labute approximate surface area is 182 Å². The van der Waals surface area contributed by atoms with E-state index in [1.54, 1.807) is 28.8 Å². The maximum Gasteiger partial charge on any atom is 0.338 e. The van der Waals surface area contributed by atoms with E-state index in [1.165, 1.54) is 12.3 Å². The molecule has 3 aromatic carbocycles. The van der Waals surface area contributed by atoms with Crippen LogP contribution < -0.4 is 4.31 Å². The van der Waals surface area contributed by atoms with E-state index in [0.29, 0.717) is 11.2 Å². The van der Waals surface area contributed by atoms with Crippen molar-refractivity contribution >= 4 is 51.1 Å². The number of carbonyl (C=O) groups is 1. The molecule has 0 aliphatic heterocycles. The molecule has 1 heterocycles. The summed E-state index contributed by atoms with van der Waals surface area (Å²) in [5.74, 6) is -3.27. The van der Waals surface area contributed by atoms with Crippen LogP contribution in [0, 0.1) is 11.6 Å². The van der Waals surface area contributed by atoms with Crippen molar-refractivity contribution in [2.75, 3.05) is 4.31 Å². The molecule has 6 nitrogen and oxygen atoms in total. The lowest BCUT2D eigenvalue weighted by atomic mass is 10.1. The predicted molar refractivity (Wildman–Crippen MR) is 115 cm³/mol. The van der Waals surface area contributed by atoms with Crippen molar-refractivity contribution < 1.29 is 27.4 Å². The number of hydrogen-bond acceptors (Lipinski definition) is 2. The first kappa shape index (κ1) is 21.0. The maximum absolute atomic E-state index is 14.3. The van der Waals surface area contributed by atoms with Gasteiger partial charge in [0.05, 0.1) is 27.5 Å². The molecular formula is C21H13ClF2N2O4S. The summed E-state index contributed by atoms with van der Waals surface area (Å²) in [5, 5.41) is 9.31. The fourth-order valence-corrected chi connectivity index (χ4v) is 4.05. The van der Waals surface area contributed by atoms with Gasteiger partial charge in [-0.3, -0.25) is 4.55 Å². The van der Waals surface area contributed by atoms with Gasteiger partial charge < -0.3 is 9.67 Å². The number of carboxylic acids is 1. The van der Waals surface area contributed by atoms with Crippen LogP contribution in [0.2, 0.25) is 5.02 Å². The van der Waals surface area contributed by atoms with Crippen molar-refractivity contribution in [2.45, 2.75) is 0 Å². The van der Waals surface area contributed by atoms with Crippen molar-refractivity contribution in [3.05, 3.63) is 89.1 Å². The molecule has 4 aromatic rings. The lowest BCUT2D eigenvalue weighted by Gasteiger charge is -2.20. The van der Waals surface area contributed by atoms with Crippen molar-refractivity contribution in [1.29, 1.82) is 0 Å². The van der Waals surface area contributed by atoms with Gasteiger partial charge in [-0.2, -0.15) is 0 Å². The molecule has 1 unspecified atom stereocenters. The number of anilines is 2. The second kappa shape index (κ2) is 8.10. The fraction of sp³-hybridized carbons (Fsp3) is 0. The molecule has 1 atom stereocenters. The number of aromatic carboxylic acids is 1. The van der Waals surface area contributed by atoms with E-state index in [-0.39, 0.29) is 21.8 Å². The van der Waals surface area contributed by atoms with Gasteiger partial charge in [0.1, 0.15) is 11.6 Å². The Balaban J connectivity index is 2.01. The average molecular weight is 463 g/mol. The maximum atomic E-state index is 14.3. The molecule has 158 valence electrons. The van der Waals surface area contributed by atoms with Crippen LogP contribution in [0.15, 0.2) is 66.9 Å².